The molecule has 1 heterocycles. The van der Waals surface area contributed by atoms with Crippen LogP contribution in [0.25, 0.3) is 0 Å². The van der Waals surface area contributed by atoms with Crippen LogP contribution in [0.15, 0.2) is 0 Å². The summed E-state index contributed by atoms with van der Waals surface area (Å²) in [5.74, 6) is -0.677. The average Bonchev–Trinajstić information content (AvgIpc) is 2.39. The SMILES string of the molecule is CC1CCCC(NC(=O)[C@@H]2CCCCN2)(C(=O)O)C1. The lowest BCUT2D eigenvalue weighted by Gasteiger charge is -2.38. The molecule has 0 aromatic rings. The van der Waals surface area contributed by atoms with Crippen LogP contribution >= 0.6 is 0 Å². The van der Waals surface area contributed by atoms with E-state index in [1.807, 2.05) is 0 Å². The largest absolute Gasteiger partial charge is 0.480 e. The van der Waals surface area contributed by atoms with Gasteiger partial charge in [0.15, 0.2) is 0 Å². The standard InChI is InChI=1S/C14H24N2O3/c1-10-5-4-7-14(9-10,13(18)19)16-12(17)11-6-2-3-8-15-11/h10-11,15H,2-9H2,1H3,(H,16,17)(H,18,19)/t10?,11-,14?/m0/s1. The Morgan fingerprint density at radius 2 is 2.05 bits per heavy atom. The van der Waals surface area contributed by atoms with Crippen molar-refractivity contribution in [3.63, 3.8) is 0 Å². The van der Waals surface area contributed by atoms with Crippen molar-refractivity contribution >= 4 is 11.9 Å². The van der Waals surface area contributed by atoms with Gasteiger partial charge in [-0.3, -0.25) is 4.79 Å². The van der Waals surface area contributed by atoms with Gasteiger partial charge in [0, 0.05) is 0 Å². The molecule has 5 nitrogen and oxygen atoms in total. The van der Waals surface area contributed by atoms with Crippen molar-refractivity contribution in [1.29, 1.82) is 0 Å². The zero-order valence-electron chi connectivity index (χ0n) is 11.6. The van der Waals surface area contributed by atoms with Crippen molar-refractivity contribution in [3.05, 3.63) is 0 Å². The van der Waals surface area contributed by atoms with E-state index in [0.29, 0.717) is 18.8 Å². The van der Waals surface area contributed by atoms with Crippen LogP contribution in [0.4, 0.5) is 0 Å². The van der Waals surface area contributed by atoms with Crippen LogP contribution in [0.5, 0.6) is 0 Å². The monoisotopic (exact) mass is 268 g/mol. The lowest BCUT2D eigenvalue weighted by atomic mass is 9.76. The molecular weight excluding hydrogens is 244 g/mol. The van der Waals surface area contributed by atoms with Crippen molar-refractivity contribution < 1.29 is 14.7 Å². The van der Waals surface area contributed by atoms with E-state index in [2.05, 4.69) is 17.6 Å². The van der Waals surface area contributed by atoms with E-state index in [9.17, 15) is 14.7 Å². The van der Waals surface area contributed by atoms with Gasteiger partial charge in [-0.25, -0.2) is 4.79 Å². The number of piperidine rings is 1. The van der Waals surface area contributed by atoms with E-state index in [-0.39, 0.29) is 11.9 Å². The van der Waals surface area contributed by atoms with Crippen LogP contribution in [0, 0.1) is 5.92 Å². The number of nitrogens with one attached hydrogen (secondary N) is 2. The van der Waals surface area contributed by atoms with E-state index in [1.165, 1.54) is 0 Å². The first kappa shape index (κ1) is 14.3. The van der Waals surface area contributed by atoms with Crippen LogP contribution < -0.4 is 10.6 Å². The highest BCUT2D eigenvalue weighted by atomic mass is 16.4. The summed E-state index contributed by atoms with van der Waals surface area (Å²) in [6.45, 7) is 2.90. The predicted molar refractivity (Wildman–Crippen MR) is 71.8 cm³/mol. The molecular formula is C14H24N2O3. The van der Waals surface area contributed by atoms with E-state index in [0.717, 1.165) is 38.6 Å². The normalized spacial score (nSPS) is 35.6. The topological polar surface area (TPSA) is 78.4 Å². The molecule has 19 heavy (non-hydrogen) atoms. The number of hydrogen-bond acceptors (Lipinski definition) is 3. The molecule has 1 saturated heterocycles. The van der Waals surface area contributed by atoms with E-state index >= 15 is 0 Å². The average molecular weight is 268 g/mol. The lowest BCUT2D eigenvalue weighted by Crippen LogP contribution is -2.60. The summed E-state index contributed by atoms with van der Waals surface area (Å²) in [7, 11) is 0. The second kappa shape index (κ2) is 5.90. The van der Waals surface area contributed by atoms with E-state index in [4.69, 9.17) is 0 Å². The molecule has 2 fully saturated rings. The van der Waals surface area contributed by atoms with Gasteiger partial charge in [-0.15, -0.1) is 0 Å². The van der Waals surface area contributed by atoms with Crippen molar-refractivity contribution in [3.8, 4) is 0 Å². The molecule has 0 bridgehead atoms. The summed E-state index contributed by atoms with van der Waals surface area (Å²) < 4.78 is 0. The van der Waals surface area contributed by atoms with Gasteiger partial charge in [0.05, 0.1) is 6.04 Å². The molecule has 2 aliphatic rings. The van der Waals surface area contributed by atoms with Crippen LogP contribution in [-0.2, 0) is 9.59 Å². The highest BCUT2D eigenvalue weighted by Gasteiger charge is 2.44. The number of carboxylic acid groups (broad SMARTS) is 1. The van der Waals surface area contributed by atoms with Crippen molar-refractivity contribution in [1.82, 2.24) is 10.6 Å². The number of carboxylic acids is 1. The number of amides is 1. The third kappa shape index (κ3) is 3.26. The van der Waals surface area contributed by atoms with Gasteiger partial charge < -0.3 is 15.7 Å². The summed E-state index contributed by atoms with van der Waals surface area (Å²) in [6, 6.07) is -0.220. The summed E-state index contributed by atoms with van der Waals surface area (Å²) in [4.78, 5) is 23.9. The first-order valence-corrected chi connectivity index (χ1v) is 7.32. The van der Waals surface area contributed by atoms with Gasteiger partial charge in [-0.2, -0.15) is 0 Å². The molecule has 1 saturated carbocycles. The molecule has 0 radical (unpaired) electrons. The van der Waals surface area contributed by atoms with Gasteiger partial charge in [-0.1, -0.05) is 26.2 Å². The molecule has 3 N–H and O–H groups in total. The maximum Gasteiger partial charge on any atom is 0.329 e. The Kier molecular flexibility index (Phi) is 4.45. The van der Waals surface area contributed by atoms with Gasteiger partial charge in [0.2, 0.25) is 5.91 Å². The number of carbonyl (C=O) groups excluding carboxylic acids is 1. The fourth-order valence-electron chi connectivity index (χ4n) is 3.31. The van der Waals surface area contributed by atoms with Gasteiger partial charge >= 0.3 is 5.97 Å². The summed E-state index contributed by atoms with van der Waals surface area (Å²) >= 11 is 0. The van der Waals surface area contributed by atoms with Gasteiger partial charge in [0.1, 0.15) is 5.54 Å². The van der Waals surface area contributed by atoms with Crippen molar-refractivity contribution in [2.24, 2.45) is 5.92 Å². The minimum atomic E-state index is -1.05. The summed E-state index contributed by atoms with van der Waals surface area (Å²) in [5, 5.41) is 15.5. The third-order valence-corrected chi connectivity index (χ3v) is 4.40. The molecule has 1 aliphatic carbocycles. The number of hydrogen-bond donors (Lipinski definition) is 3. The van der Waals surface area contributed by atoms with Crippen molar-refractivity contribution in [2.75, 3.05) is 6.54 Å². The second-order valence-corrected chi connectivity index (χ2v) is 6.08. The van der Waals surface area contributed by atoms with E-state index in [1.54, 1.807) is 0 Å². The predicted octanol–water partition coefficient (Wildman–Crippen LogP) is 1.28. The molecule has 3 atom stereocenters. The Labute approximate surface area is 114 Å². The zero-order chi connectivity index (χ0) is 13.9. The molecule has 5 heteroatoms. The molecule has 0 aromatic carbocycles. The highest BCUT2D eigenvalue weighted by molar-refractivity contribution is 5.89. The fraction of sp³-hybridized carbons (Fsp3) is 0.857. The number of aliphatic carboxylic acids is 1. The van der Waals surface area contributed by atoms with Crippen LogP contribution in [0.3, 0.4) is 0 Å². The third-order valence-electron chi connectivity index (χ3n) is 4.40. The number of rotatable bonds is 3. The molecule has 108 valence electrons. The van der Waals surface area contributed by atoms with Gasteiger partial charge in [0.25, 0.3) is 0 Å². The quantitative estimate of drug-likeness (QED) is 0.720. The Bertz CT molecular complexity index is 353. The maximum absolute atomic E-state index is 12.2. The van der Waals surface area contributed by atoms with Crippen LogP contribution in [-0.4, -0.2) is 35.1 Å². The Morgan fingerprint density at radius 1 is 1.26 bits per heavy atom. The second-order valence-electron chi connectivity index (χ2n) is 6.08. The Balaban J connectivity index is 2.03. The molecule has 1 amide bonds. The lowest BCUT2D eigenvalue weighted by molar-refractivity contribution is -0.150. The molecule has 2 rings (SSSR count). The van der Waals surface area contributed by atoms with E-state index < -0.39 is 11.5 Å². The Hall–Kier alpha value is -1.10. The van der Waals surface area contributed by atoms with Crippen LogP contribution in [0.2, 0.25) is 0 Å². The zero-order valence-corrected chi connectivity index (χ0v) is 11.6. The minimum Gasteiger partial charge on any atom is -0.480 e. The summed E-state index contributed by atoms with van der Waals surface area (Å²) in [5.41, 5.74) is -1.05. The molecule has 0 spiro atoms. The summed E-state index contributed by atoms with van der Waals surface area (Å²) in [6.07, 6.45) is 5.92. The molecule has 2 unspecified atom stereocenters. The first-order chi connectivity index (χ1) is 9.03. The van der Waals surface area contributed by atoms with Crippen molar-refractivity contribution in [2.45, 2.75) is 63.5 Å². The first-order valence-electron chi connectivity index (χ1n) is 7.32. The smallest absolute Gasteiger partial charge is 0.329 e. The van der Waals surface area contributed by atoms with Crippen LogP contribution in [0.1, 0.15) is 51.9 Å². The van der Waals surface area contributed by atoms with Gasteiger partial charge in [-0.05, 0) is 38.1 Å². The Morgan fingerprint density at radius 3 is 2.63 bits per heavy atom. The molecule has 1 aliphatic heterocycles. The minimum absolute atomic E-state index is 0.142. The molecule has 0 aromatic heterocycles. The fourth-order valence-corrected chi connectivity index (χ4v) is 3.31. The number of carbonyl (C=O) groups is 2. The maximum atomic E-state index is 12.2. The highest BCUT2D eigenvalue weighted by Crippen LogP contribution is 2.32.